The molecule has 0 bridgehead atoms. The van der Waals surface area contributed by atoms with Crippen LogP contribution in [0.2, 0.25) is 0 Å². The number of morpholine rings is 1. The highest BCUT2D eigenvalue weighted by molar-refractivity contribution is 5.50. The average Bonchev–Trinajstić information content (AvgIpc) is 1.79. The second-order valence-electron chi connectivity index (χ2n) is 43.5. The molecule has 0 amide bonds. The van der Waals surface area contributed by atoms with E-state index in [9.17, 15) is 4.39 Å². The third kappa shape index (κ3) is 43.0. The van der Waals surface area contributed by atoms with E-state index in [2.05, 4.69) is 247 Å². The number of aryl methyl sites for hydroxylation is 5. The molecule has 0 radical (unpaired) electrons. The molecule has 135 heavy (non-hydrogen) atoms. The largest absolute Gasteiger partial charge is 0.381 e. The molecule has 14 aliphatic rings. The number of hydrogen-bond donors (Lipinski definition) is 0. The summed E-state index contributed by atoms with van der Waals surface area (Å²) in [5.41, 5.74) is 10.6. The number of pyridine rings is 1. The van der Waals surface area contributed by atoms with Crippen LogP contribution in [0.25, 0.3) is 0 Å². The molecule has 5 aromatic rings. The monoisotopic (exact) mass is 1870 g/mol. The summed E-state index contributed by atoms with van der Waals surface area (Å²) in [6, 6.07) is 31.8. The van der Waals surface area contributed by atoms with Gasteiger partial charge in [-0.3, -0.25) is 4.98 Å². The van der Waals surface area contributed by atoms with Crippen LogP contribution in [-0.4, -0.2) is 352 Å². The molecule has 0 atom stereocenters. The molecule has 0 unspecified atom stereocenters. The molecule has 0 spiro atoms. The Kier molecular flexibility index (Phi) is 52.4. The number of rotatable bonds is 10. The van der Waals surface area contributed by atoms with Gasteiger partial charge in [0.1, 0.15) is 11.6 Å². The summed E-state index contributed by atoms with van der Waals surface area (Å²) in [5, 5.41) is 0. The summed E-state index contributed by atoms with van der Waals surface area (Å²) in [5.74, 6) is 5.61. The van der Waals surface area contributed by atoms with Gasteiger partial charge in [-0.15, -0.1) is 0 Å². The van der Waals surface area contributed by atoms with Gasteiger partial charge in [0.25, 0.3) is 0 Å². The lowest BCUT2D eigenvalue weighted by atomic mass is 9.91. The molecule has 21 heteroatoms. The lowest BCUT2D eigenvalue weighted by molar-refractivity contribution is 0.0222. The fraction of sp³-hybridized carbons (Fsp3) is 0.763. The molecule has 14 fully saturated rings. The number of nitrogens with zero attached hydrogens (tertiary/aromatic N) is 18. The highest BCUT2D eigenvalue weighted by Crippen LogP contribution is 2.33. The molecular formula is C114H199FN18O2. The van der Waals surface area contributed by atoms with Crippen LogP contribution in [0.1, 0.15) is 245 Å². The van der Waals surface area contributed by atoms with Crippen molar-refractivity contribution in [3.05, 3.63) is 131 Å². The first-order valence-electron chi connectivity index (χ1n) is 54.5. The minimum absolute atomic E-state index is 0. The van der Waals surface area contributed by atoms with Crippen molar-refractivity contribution in [2.24, 2.45) is 29.6 Å². The molecule has 3 aromatic carbocycles. The van der Waals surface area contributed by atoms with Crippen LogP contribution in [0.15, 0.2) is 97.5 Å². The topological polar surface area (TPSA) is 106 Å². The first kappa shape index (κ1) is 113. The maximum absolute atomic E-state index is 13.5. The van der Waals surface area contributed by atoms with Crippen LogP contribution in [0.4, 0.5) is 32.8 Å². The summed E-state index contributed by atoms with van der Waals surface area (Å²) < 4.78 is 24.2. The SMILES string of the molecule is C.CC1CCN(C(C)C)CC1.CC1CCN(C2CC2)CC1.CC1CCN(C2CCCCC2)CC1.CC1CCN(C2CCN(C)CC2)CC1.CC1CCN(C2CCOCC2)CC1.Cc1ccc(N2CCCN(C)CC2)cc1.Cc1ccc(N2CCCN(C)CC2)cc1F.Cc1ccc(N2CCCN(C)CC2)cn1.Cc1ccc(N2CCOCC2)cc1.Cc1ncc(N2CCCN(C)CC2)cn1. The number of hydrogen-bond acceptors (Lipinski definition) is 20. The first-order valence-corrected chi connectivity index (χ1v) is 54.5. The van der Waals surface area contributed by atoms with Crippen LogP contribution in [-0.2, 0) is 9.47 Å². The van der Waals surface area contributed by atoms with Crippen LogP contribution in [0.5, 0.6) is 0 Å². The molecule has 20 nitrogen and oxygen atoms in total. The fourth-order valence-electron chi connectivity index (χ4n) is 20.9. The highest BCUT2D eigenvalue weighted by atomic mass is 19.1. The van der Waals surface area contributed by atoms with Gasteiger partial charge in [-0.1, -0.05) is 103 Å². The molecule has 764 valence electrons. The normalized spacial score (nSPS) is 23.0. The number of likely N-dealkylation sites (tertiary alicyclic amines) is 6. The van der Waals surface area contributed by atoms with Gasteiger partial charge in [0, 0.05) is 158 Å². The van der Waals surface area contributed by atoms with E-state index < -0.39 is 0 Å². The Labute approximate surface area is 826 Å². The third-order valence-corrected chi connectivity index (χ3v) is 31.5. The molecule has 2 aliphatic carbocycles. The summed E-state index contributed by atoms with van der Waals surface area (Å²) in [6.07, 6.45) is 40.6. The van der Waals surface area contributed by atoms with Gasteiger partial charge in [-0.25, -0.2) is 14.4 Å². The van der Waals surface area contributed by atoms with Crippen LogP contribution < -0.4 is 24.5 Å². The second kappa shape index (κ2) is 62.6. The smallest absolute Gasteiger partial charge is 0.128 e. The summed E-state index contributed by atoms with van der Waals surface area (Å²) in [4.78, 5) is 50.1. The van der Waals surface area contributed by atoms with E-state index in [-0.39, 0.29) is 13.2 Å². The molecular weight excluding hydrogens is 1670 g/mol. The van der Waals surface area contributed by atoms with Gasteiger partial charge in [-0.2, -0.15) is 0 Å². The minimum atomic E-state index is -0.102. The van der Waals surface area contributed by atoms with Crippen molar-refractivity contribution in [1.29, 1.82) is 0 Å². The molecule has 14 heterocycles. The predicted molar refractivity (Wildman–Crippen MR) is 576 cm³/mol. The number of aromatic nitrogens is 3. The lowest BCUT2D eigenvalue weighted by Crippen LogP contribution is -2.46. The van der Waals surface area contributed by atoms with E-state index in [1.165, 1.54) is 294 Å². The summed E-state index contributed by atoms with van der Waals surface area (Å²) in [6.45, 7) is 66.3. The molecule has 12 aliphatic heterocycles. The molecule has 2 saturated carbocycles. The van der Waals surface area contributed by atoms with Crippen molar-refractivity contribution in [1.82, 2.24) is 64.0 Å². The quantitative estimate of drug-likeness (QED) is 0.132. The van der Waals surface area contributed by atoms with Crippen molar-refractivity contribution in [2.45, 2.75) is 281 Å². The lowest BCUT2D eigenvalue weighted by Gasteiger charge is -2.40. The first-order chi connectivity index (χ1) is 64.8. The summed E-state index contributed by atoms with van der Waals surface area (Å²) in [7, 11) is 11.0. The van der Waals surface area contributed by atoms with Gasteiger partial charge in [0.2, 0.25) is 0 Å². The predicted octanol–water partition coefficient (Wildman–Crippen LogP) is 20.1. The van der Waals surface area contributed by atoms with Gasteiger partial charge in [-0.05, 0) is 413 Å². The number of halogens is 1. The Bertz CT molecular complexity index is 3580. The van der Waals surface area contributed by atoms with Crippen molar-refractivity contribution in [2.75, 3.05) is 283 Å². The maximum atomic E-state index is 13.5. The van der Waals surface area contributed by atoms with E-state index in [1.807, 2.05) is 44.6 Å². The van der Waals surface area contributed by atoms with E-state index in [0.29, 0.717) is 0 Å². The number of anilines is 5. The highest BCUT2D eigenvalue weighted by Gasteiger charge is 2.32. The van der Waals surface area contributed by atoms with Crippen LogP contribution in [0.3, 0.4) is 0 Å². The molecule has 12 saturated heterocycles. The van der Waals surface area contributed by atoms with E-state index in [4.69, 9.17) is 9.47 Å². The fourth-order valence-corrected chi connectivity index (χ4v) is 20.9. The maximum Gasteiger partial charge on any atom is 0.128 e. The van der Waals surface area contributed by atoms with Crippen molar-refractivity contribution in [3.63, 3.8) is 0 Å². The Balaban J connectivity index is 0.000000169. The van der Waals surface area contributed by atoms with Gasteiger partial charge in [0.15, 0.2) is 0 Å². The van der Waals surface area contributed by atoms with Crippen LogP contribution in [0, 0.1) is 70.0 Å². The number of likely N-dealkylation sites (N-methyl/N-ethyl adjacent to an activating group) is 4. The molecule has 0 N–H and O–H groups in total. The van der Waals surface area contributed by atoms with Gasteiger partial charge >= 0.3 is 0 Å². The van der Waals surface area contributed by atoms with E-state index in [0.717, 1.165) is 206 Å². The second-order valence-corrected chi connectivity index (χ2v) is 43.5. The van der Waals surface area contributed by atoms with Crippen molar-refractivity contribution >= 4 is 28.4 Å². The number of benzene rings is 3. The van der Waals surface area contributed by atoms with E-state index >= 15 is 0 Å². The van der Waals surface area contributed by atoms with E-state index in [1.54, 1.807) is 13.0 Å². The number of ether oxygens (including phenoxy) is 2. The summed E-state index contributed by atoms with van der Waals surface area (Å²) >= 11 is 0. The van der Waals surface area contributed by atoms with Gasteiger partial charge in [0.05, 0.1) is 43.2 Å². The Morgan fingerprint density at radius 1 is 0.281 bits per heavy atom. The Morgan fingerprint density at radius 2 is 0.600 bits per heavy atom. The minimum Gasteiger partial charge on any atom is -0.381 e. The van der Waals surface area contributed by atoms with Gasteiger partial charge < -0.3 is 83.0 Å². The standard InChI is InChI=1S/C13H19FN2.C13H20N2.C12H19N3.C12H24N2.C12H23N.C11H18N4.C11H21NO.C11H15NO.C9H17N.C9H19N.CH4/c1-11-4-5-12(10-13(11)14)16-7-3-6-15(2)8-9-16;1-12-4-6-13(7-5-12)15-9-3-8-14(2)10-11-15;1-11-4-5-12(10-13-11)15-7-3-6-14(2)8-9-15;1-11-3-9-14(10-4-11)12-5-7-13(2)8-6-12;1-11-7-9-13(10-8-11)12-5-3-2-4-6-12;1-10-12-8-11(9-13-10)15-5-3-4-14(2)6-7-15;1-10-2-6-12(7-3-10)11-4-8-13-9-5-11;1-10-2-4-11(5-3-10)12-6-8-13-9-7-12;1-8-4-6-10(7-5-8)9-2-3-9;1-8(2)10-6-4-9(3)5-7-10;/h4-5,10H,3,6-9H2,1-2H3;4-7H,3,8-11H2,1-2H3;4-5,10H,3,6-9H2,1-2H3;11-12H,3-10H2,1-2H3;11-12H,2-10H2,1H3;8-9H,3-7H2,1-2H3;10-11H,2-9H2,1H3;2-5H,6-9H2,1H3;8-9H,2-7H2,1H3;8-9H,4-7H2,1-3H3;1H4. The number of piperidine rings is 6. The van der Waals surface area contributed by atoms with Crippen LogP contribution >= 0.6 is 0 Å². The molecule has 19 rings (SSSR count). The zero-order valence-electron chi connectivity index (χ0n) is 88.5. The van der Waals surface area contributed by atoms with Crippen molar-refractivity contribution < 1.29 is 13.9 Å². The zero-order chi connectivity index (χ0) is 95.4. The Hall–Kier alpha value is -5.66. The average molecular weight is 1870 g/mol. The molecule has 2 aromatic heterocycles. The van der Waals surface area contributed by atoms with Crippen molar-refractivity contribution in [3.8, 4) is 0 Å². The third-order valence-electron chi connectivity index (χ3n) is 31.5. The zero-order valence-corrected chi connectivity index (χ0v) is 88.5. The Morgan fingerprint density at radius 3 is 0.978 bits per heavy atom.